The van der Waals surface area contributed by atoms with Crippen LogP contribution in [0.2, 0.25) is 0 Å². The van der Waals surface area contributed by atoms with Crippen LogP contribution in [0.4, 0.5) is 10.1 Å². The number of nitrogens with one attached hydrogen (secondary N) is 1. The average Bonchev–Trinajstić information content (AvgIpc) is 2.36. The van der Waals surface area contributed by atoms with Crippen LogP contribution in [0.1, 0.15) is 25.8 Å². The molecule has 0 spiro atoms. The second kappa shape index (κ2) is 4.99. The van der Waals surface area contributed by atoms with Gasteiger partial charge in [0.25, 0.3) is 0 Å². The van der Waals surface area contributed by atoms with E-state index in [1.165, 1.54) is 11.0 Å². The van der Waals surface area contributed by atoms with Gasteiger partial charge in [-0.2, -0.15) is 0 Å². The van der Waals surface area contributed by atoms with Gasteiger partial charge in [0, 0.05) is 0 Å². The maximum absolute atomic E-state index is 14.0. The maximum Gasteiger partial charge on any atom is 0.250 e. The maximum atomic E-state index is 14.0. The van der Waals surface area contributed by atoms with Crippen molar-refractivity contribution in [1.82, 2.24) is 5.32 Å². The van der Waals surface area contributed by atoms with Crippen molar-refractivity contribution in [2.24, 2.45) is 0 Å². The molecular weight excluding hydrogens is 247 g/mol. The van der Waals surface area contributed by atoms with E-state index in [0.29, 0.717) is 6.42 Å². The van der Waals surface area contributed by atoms with Crippen molar-refractivity contribution in [2.45, 2.75) is 39.3 Å². The van der Waals surface area contributed by atoms with Gasteiger partial charge in [-0.15, -0.1) is 0 Å². The van der Waals surface area contributed by atoms with Gasteiger partial charge in [-0.05, 0) is 38.0 Å². The van der Waals surface area contributed by atoms with E-state index in [2.05, 4.69) is 5.32 Å². The normalized spacial score (nSPS) is 23.5. The number of hydrogen-bond acceptors (Lipinski definition) is 2. The number of aryl methyl sites for hydroxylation is 1. The summed E-state index contributed by atoms with van der Waals surface area (Å²) in [4.78, 5) is 25.5. The quantitative estimate of drug-likeness (QED) is 0.885. The highest BCUT2D eigenvalue weighted by Crippen LogP contribution is 2.26. The molecule has 2 rings (SSSR count). The average molecular weight is 264 g/mol. The fourth-order valence-corrected chi connectivity index (χ4v) is 2.31. The summed E-state index contributed by atoms with van der Waals surface area (Å²) < 4.78 is 14.0. The van der Waals surface area contributed by atoms with Gasteiger partial charge >= 0.3 is 0 Å². The molecule has 2 unspecified atom stereocenters. The summed E-state index contributed by atoms with van der Waals surface area (Å²) in [6.45, 7) is 5.23. The van der Waals surface area contributed by atoms with E-state index in [1.54, 1.807) is 26.0 Å². The largest absolute Gasteiger partial charge is 0.343 e. The first kappa shape index (κ1) is 13.5. The molecule has 19 heavy (non-hydrogen) atoms. The molecule has 1 heterocycles. The molecule has 1 N–H and O–H groups in total. The first-order valence-corrected chi connectivity index (χ1v) is 6.35. The van der Waals surface area contributed by atoms with Crippen molar-refractivity contribution in [2.75, 3.05) is 4.90 Å². The lowest BCUT2D eigenvalue weighted by Gasteiger charge is -2.37. The van der Waals surface area contributed by atoms with Gasteiger partial charge in [-0.3, -0.25) is 14.5 Å². The van der Waals surface area contributed by atoms with Gasteiger partial charge < -0.3 is 5.32 Å². The number of anilines is 1. The summed E-state index contributed by atoms with van der Waals surface area (Å²) >= 11 is 0. The Morgan fingerprint density at radius 2 is 2.05 bits per heavy atom. The Morgan fingerprint density at radius 1 is 1.37 bits per heavy atom. The van der Waals surface area contributed by atoms with Gasteiger partial charge in [0.05, 0.1) is 5.69 Å². The Morgan fingerprint density at radius 3 is 2.68 bits per heavy atom. The minimum atomic E-state index is -0.653. The SMILES string of the molecule is CCC1C(=O)NC(C)C(=O)N1c1cc(C)ccc1F. The van der Waals surface area contributed by atoms with Crippen molar-refractivity contribution < 1.29 is 14.0 Å². The Kier molecular flexibility index (Phi) is 3.55. The number of hydrogen-bond donors (Lipinski definition) is 1. The third-order valence-corrected chi connectivity index (χ3v) is 3.33. The predicted octanol–water partition coefficient (Wildman–Crippen LogP) is 1.76. The highest BCUT2D eigenvalue weighted by Gasteiger charge is 2.39. The second-order valence-corrected chi connectivity index (χ2v) is 4.82. The molecule has 5 heteroatoms. The number of amides is 2. The fourth-order valence-electron chi connectivity index (χ4n) is 2.31. The predicted molar refractivity (Wildman–Crippen MR) is 70.3 cm³/mol. The molecule has 1 saturated heterocycles. The number of carbonyl (C=O) groups excluding carboxylic acids is 2. The first-order valence-electron chi connectivity index (χ1n) is 6.35. The molecule has 1 aromatic carbocycles. The minimum absolute atomic E-state index is 0.179. The summed E-state index contributed by atoms with van der Waals surface area (Å²) in [5.74, 6) is -1.01. The van der Waals surface area contributed by atoms with Gasteiger partial charge in [0.1, 0.15) is 17.9 Å². The fraction of sp³-hybridized carbons (Fsp3) is 0.429. The molecule has 1 fully saturated rings. The molecule has 0 bridgehead atoms. The molecule has 0 aliphatic carbocycles. The smallest absolute Gasteiger partial charge is 0.250 e. The summed E-state index contributed by atoms with van der Waals surface area (Å²) in [5, 5.41) is 2.61. The van der Waals surface area contributed by atoms with Gasteiger partial charge in [-0.25, -0.2) is 4.39 Å². The molecule has 0 aromatic heterocycles. The van der Waals surface area contributed by atoms with Crippen molar-refractivity contribution in [3.63, 3.8) is 0 Å². The van der Waals surface area contributed by atoms with Crippen LogP contribution in [-0.2, 0) is 9.59 Å². The zero-order valence-corrected chi connectivity index (χ0v) is 11.2. The summed E-state index contributed by atoms with van der Waals surface area (Å²) in [7, 11) is 0. The topological polar surface area (TPSA) is 49.4 Å². The molecule has 2 amide bonds. The first-order chi connectivity index (χ1) is 8.95. The Labute approximate surface area is 111 Å². The number of nitrogens with zero attached hydrogens (tertiary/aromatic N) is 1. The Bertz CT molecular complexity index is 530. The van der Waals surface area contributed by atoms with Gasteiger partial charge in [0.2, 0.25) is 11.8 Å². The molecule has 2 atom stereocenters. The van der Waals surface area contributed by atoms with Crippen molar-refractivity contribution in [3.8, 4) is 0 Å². The van der Waals surface area contributed by atoms with Crippen LogP contribution in [-0.4, -0.2) is 23.9 Å². The van der Waals surface area contributed by atoms with E-state index in [0.717, 1.165) is 5.56 Å². The zero-order valence-electron chi connectivity index (χ0n) is 11.2. The third-order valence-electron chi connectivity index (χ3n) is 3.33. The standard InChI is InChI=1S/C14H17FN2O2/c1-4-11-13(18)16-9(3)14(19)17(11)12-7-8(2)5-6-10(12)15/h5-7,9,11H,4H2,1-3H3,(H,16,18). The monoisotopic (exact) mass is 264 g/mol. The van der Waals surface area contributed by atoms with Gasteiger partial charge in [-0.1, -0.05) is 13.0 Å². The second-order valence-electron chi connectivity index (χ2n) is 4.82. The van der Waals surface area contributed by atoms with E-state index in [1.807, 2.05) is 6.92 Å². The molecule has 1 aromatic rings. The lowest BCUT2D eigenvalue weighted by Crippen LogP contribution is -2.62. The molecule has 0 radical (unpaired) electrons. The van der Waals surface area contributed by atoms with Crippen LogP contribution < -0.4 is 10.2 Å². The Balaban J connectivity index is 2.51. The van der Waals surface area contributed by atoms with Crippen LogP contribution in [0.5, 0.6) is 0 Å². The van der Waals surface area contributed by atoms with E-state index >= 15 is 0 Å². The summed E-state index contributed by atoms with van der Waals surface area (Å²) in [6, 6.07) is 3.27. The van der Waals surface area contributed by atoms with E-state index in [4.69, 9.17) is 0 Å². The lowest BCUT2D eigenvalue weighted by molar-refractivity contribution is -0.133. The van der Waals surface area contributed by atoms with Gasteiger partial charge in [0.15, 0.2) is 0 Å². The lowest BCUT2D eigenvalue weighted by atomic mass is 10.0. The van der Waals surface area contributed by atoms with Crippen molar-refractivity contribution in [3.05, 3.63) is 29.6 Å². The minimum Gasteiger partial charge on any atom is -0.343 e. The molecule has 0 saturated carbocycles. The van der Waals surface area contributed by atoms with E-state index in [9.17, 15) is 14.0 Å². The van der Waals surface area contributed by atoms with Crippen LogP contribution in [0.3, 0.4) is 0 Å². The molecule has 102 valence electrons. The highest BCUT2D eigenvalue weighted by atomic mass is 19.1. The number of rotatable bonds is 2. The van der Waals surface area contributed by atoms with Crippen LogP contribution in [0.25, 0.3) is 0 Å². The number of carbonyl (C=O) groups is 2. The number of halogens is 1. The molecule has 1 aliphatic rings. The van der Waals surface area contributed by atoms with E-state index < -0.39 is 17.9 Å². The van der Waals surface area contributed by atoms with E-state index in [-0.39, 0.29) is 17.5 Å². The van der Waals surface area contributed by atoms with Crippen molar-refractivity contribution in [1.29, 1.82) is 0 Å². The van der Waals surface area contributed by atoms with Crippen molar-refractivity contribution >= 4 is 17.5 Å². The molecular formula is C14H17FN2O2. The zero-order chi connectivity index (χ0) is 14.2. The molecule has 1 aliphatic heterocycles. The summed E-state index contributed by atoms with van der Waals surface area (Å²) in [5.41, 5.74) is 1.02. The molecule has 4 nitrogen and oxygen atoms in total. The van der Waals surface area contributed by atoms with Crippen LogP contribution in [0.15, 0.2) is 18.2 Å². The van der Waals surface area contributed by atoms with Crippen LogP contribution >= 0.6 is 0 Å². The Hall–Kier alpha value is -1.91. The third kappa shape index (κ3) is 2.32. The van der Waals surface area contributed by atoms with Crippen LogP contribution in [0, 0.1) is 12.7 Å². The number of piperazine rings is 1. The number of benzene rings is 1. The highest BCUT2D eigenvalue weighted by molar-refractivity contribution is 6.08. The summed E-state index contributed by atoms with van der Waals surface area (Å²) in [6.07, 6.45) is 0.442.